The summed E-state index contributed by atoms with van der Waals surface area (Å²) >= 11 is 0. The molecule has 0 spiro atoms. The van der Waals surface area contributed by atoms with E-state index in [1.54, 1.807) is 0 Å². The monoisotopic (exact) mass is 190 g/mol. The lowest BCUT2D eigenvalue weighted by Gasteiger charge is -2.01. The van der Waals surface area contributed by atoms with E-state index in [9.17, 15) is 4.79 Å². The van der Waals surface area contributed by atoms with Crippen molar-refractivity contribution in [1.29, 1.82) is 0 Å². The van der Waals surface area contributed by atoms with Gasteiger partial charge in [-0.25, -0.2) is 0 Å². The first-order chi connectivity index (χ1) is 6.83. The summed E-state index contributed by atoms with van der Waals surface area (Å²) in [6.45, 7) is 3.03. The summed E-state index contributed by atoms with van der Waals surface area (Å²) in [5.74, 6) is 0. The zero-order valence-corrected chi connectivity index (χ0v) is 8.29. The minimum Gasteiger partial charge on any atom is -0.284 e. The Morgan fingerprint density at radius 2 is 2.14 bits per heavy atom. The molecule has 0 atom stereocenters. The third kappa shape index (κ3) is 1.45. The number of hydrogen-bond acceptors (Lipinski definition) is 1. The minimum atomic E-state index is 0.0108. The van der Waals surface area contributed by atoms with Crippen molar-refractivity contribution in [3.63, 3.8) is 0 Å². The summed E-state index contributed by atoms with van der Waals surface area (Å²) in [6, 6.07) is 7.68. The van der Waals surface area contributed by atoms with Gasteiger partial charge in [0, 0.05) is 6.54 Å². The van der Waals surface area contributed by atoms with Gasteiger partial charge in [0.25, 0.3) is 5.56 Å². The van der Waals surface area contributed by atoms with Crippen LogP contribution in [0.15, 0.2) is 29.1 Å². The van der Waals surface area contributed by atoms with Crippen LogP contribution in [0.25, 0.3) is 10.9 Å². The van der Waals surface area contributed by atoms with Gasteiger partial charge in [0.15, 0.2) is 0 Å². The van der Waals surface area contributed by atoms with Gasteiger partial charge in [-0.3, -0.25) is 14.6 Å². The topological polar surface area (TPSA) is 37.8 Å². The lowest BCUT2D eigenvalue weighted by Crippen LogP contribution is -2.05. The molecule has 1 aromatic carbocycles. The Labute approximate surface area is 82.3 Å². The number of aromatic nitrogens is 2. The van der Waals surface area contributed by atoms with Gasteiger partial charge in [0.2, 0.25) is 0 Å². The first-order valence-electron chi connectivity index (χ1n) is 5.00. The summed E-state index contributed by atoms with van der Waals surface area (Å²) in [7, 11) is 0. The van der Waals surface area contributed by atoms with Gasteiger partial charge in [-0.2, -0.15) is 0 Å². The molecule has 1 aromatic heterocycles. The second kappa shape index (κ2) is 3.70. The number of nitrogens with zero attached hydrogens (tertiary/aromatic N) is 1. The molecule has 0 saturated carbocycles. The van der Waals surface area contributed by atoms with E-state index in [4.69, 9.17) is 0 Å². The molecule has 2 aromatic rings. The zero-order chi connectivity index (χ0) is 9.97. The molecule has 0 fully saturated rings. The van der Waals surface area contributed by atoms with Gasteiger partial charge < -0.3 is 0 Å². The fourth-order valence-corrected chi connectivity index (χ4v) is 1.64. The molecule has 0 aliphatic heterocycles. The van der Waals surface area contributed by atoms with E-state index in [0.717, 1.165) is 30.3 Å². The lowest BCUT2D eigenvalue weighted by atomic mass is 10.2. The van der Waals surface area contributed by atoms with E-state index >= 15 is 0 Å². The number of para-hydroxylation sites is 1. The van der Waals surface area contributed by atoms with Crippen molar-refractivity contribution in [3.05, 3.63) is 34.6 Å². The summed E-state index contributed by atoms with van der Waals surface area (Å²) in [6.07, 6.45) is 2.23. The van der Waals surface area contributed by atoms with Crippen molar-refractivity contribution < 1.29 is 0 Å². The third-order valence-electron chi connectivity index (χ3n) is 2.41. The Bertz CT molecular complexity index is 481. The van der Waals surface area contributed by atoms with Crippen LogP contribution in [0.4, 0.5) is 0 Å². The SMILES string of the molecule is CCCCn1[nH]c(=O)c2ccccc21. The first-order valence-corrected chi connectivity index (χ1v) is 5.00. The van der Waals surface area contributed by atoms with Crippen LogP contribution in [0.2, 0.25) is 0 Å². The lowest BCUT2D eigenvalue weighted by molar-refractivity contribution is 0.584. The number of rotatable bonds is 3. The molecule has 2 rings (SSSR count). The van der Waals surface area contributed by atoms with E-state index in [2.05, 4.69) is 12.0 Å². The highest BCUT2D eigenvalue weighted by Crippen LogP contribution is 2.09. The smallest absolute Gasteiger partial charge is 0.271 e. The molecule has 0 unspecified atom stereocenters. The second-order valence-electron chi connectivity index (χ2n) is 3.46. The summed E-state index contributed by atoms with van der Waals surface area (Å²) in [4.78, 5) is 11.5. The Morgan fingerprint density at radius 1 is 1.36 bits per heavy atom. The van der Waals surface area contributed by atoms with Gasteiger partial charge in [0.05, 0.1) is 10.9 Å². The molecule has 0 aliphatic carbocycles. The van der Waals surface area contributed by atoms with E-state index < -0.39 is 0 Å². The van der Waals surface area contributed by atoms with Crippen molar-refractivity contribution in [1.82, 2.24) is 9.78 Å². The summed E-state index contributed by atoms with van der Waals surface area (Å²) in [5.41, 5.74) is 1.02. The van der Waals surface area contributed by atoms with Crippen molar-refractivity contribution in [2.24, 2.45) is 0 Å². The molecule has 14 heavy (non-hydrogen) atoms. The molecule has 0 aliphatic rings. The number of nitrogens with one attached hydrogen (secondary N) is 1. The quantitative estimate of drug-likeness (QED) is 0.791. The fourth-order valence-electron chi connectivity index (χ4n) is 1.64. The number of benzene rings is 1. The number of H-pyrrole nitrogens is 1. The predicted molar refractivity (Wildman–Crippen MR) is 57.5 cm³/mol. The number of aryl methyl sites for hydroxylation is 1. The van der Waals surface area contributed by atoms with Gasteiger partial charge in [-0.05, 0) is 18.6 Å². The molecule has 0 amide bonds. The van der Waals surface area contributed by atoms with Crippen LogP contribution >= 0.6 is 0 Å². The number of hydrogen-bond donors (Lipinski definition) is 1. The Balaban J connectivity index is 2.50. The number of unbranched alkanes of at least 4 members (excludes halogenated alkanes) is 1. The average Bonchev–Trinajstić information content (AvgIpc) is 2.54. The van der Waals surface area contributed by atoms with Crippen molar-refractivity contribution >= 4 is 10.9 Å². The first kappa shape index (κ1) is 9.06. The molecule has 0 bridgehead atoms. The maximum Gasteiger partial charge on any atom is 0.271 e. The average molecular weight is 190 g/mol. The van der Waals surface area contributed by atoms with Crippen LogP contribution in [0, 0.1) is 0 Å². The second-order valence-corrected chi connectivity index (χ2v) is 3.46. The standard InChI is InChI=1S/C11H14N2O/c1-2-3-8-13-10-7-5-4-6-9(10)11(14)12-13/h4-7H,2-3,8H2,1H3,(H,12,14). The molecule has 0 saturated heterocycles. The van der Waals surface area contributed by atoms with E-state index in [1.165, 1.54) is 0 Å². The predicted octanol–water partition coefficient (Wildman–Crippen LogP) is 2.13. The maximum atomic E-state index is 11.5. The molecular formula is C11H14N2O. The van der Waals surface area contributed by atoms with Crippen LogP contribution in [-0.4, -0.2) is 9.78 Å². The summed E-state index contributed by atoms with van der Waals surface area (Å²) in [5, 5.41) is 3.63. The Kier molecular flexibility index (Phi) is 2.39. The van der Waals surface area contributed by atoms with Gasteiger partial charge >= 0.3 is 0 Å². The fraction of sp³-hybridized carbons (Fsp3) is 0.364. The molecule has 1 N–H and O–H groups in total. The van der Waals surface area contributed by atoms with Crippen LogP contribution in [0.1, 0.15) is 19.8 Å². The number of fused-ring (bicyclic) bond motifs is 1. The maximum absolute atomic E-state index is 11.5. The molecule has 0 radical (unpaired) electrons. The molecule has 3 heteroatoms. The third-order valence-corrected chi connectivity index (χ3v) is 2.41. The van der Waals surface area contributed by atoms with Crippen LogP contribution in [0.3, 0.4) is 0 Å². The summed E-state index contributed by atoms with van der Waals surface area (Å²) < 4.78 is 1.93. The van der Waals surface area contributed by atoms with E-state index in [1.807, 2.05) is 28.9 Å². The van der Waals surface area contributed by atoms with Crippen LogP contribution in [-0.2, 0) is 6.54 Å². The Morgan fingerprint density at radius 3 is 2.93 bits per heavy atom. The highest BCUT2D eigenvalue weighted by molar-refractivity contribution is 5.78. The van der Waals surface area contributed by atoms with Crippen LogP contribution < -0.4 is 5.56 Å². The van der Waals surface area contributed by atoms with Gasteiger partial charge in [-0.15, -0.1) is 0 Å². The molecular weight excluding hydrogens is 176 g/mol. The van der Waals surface area contributed by atoms with Crippen LogP contribution in [0.5, 0.6) is 0 Å². The van der Waals surface area contributed by atoms with E-state index in [-0.39, 0.29) is 5.56 Å². The highest BCUT2D eigenvalue weighted by atomic mass is 16.1. The van der Waals surface area contributed by atoms with Gasteiger partial charge in [0.1, 0.15) is 0 Å². The molecule has 1 heterocycles. The normalized spacial score (nSPS) is 10.9. The number of aromatic amines is 1. The van der Waals surface area contributed by atoms with Crippen molar-refractivity contribution in [2.45, 2.75) is 26.3 Å². The molecule has 3 nitrogen and oxygen atoms in total. The van der Waals surface area contributed by atoms with Crippen molar-refractivity contribution in [2.75, 3.05) is 0 Å². The minimum absolute atomic E-state index is 0.0108. The highest BCUT2D eigenvalue weighted by Gasteiger charge is 2.03. The van der Waals surface area contributed by atoms with Gasteiger partial charge in [-0.1, -0.05) is 25.5 Å². The van der Waals surface area contributed by atoms with E-state index in [0.29, 0.717) is 0 Å². The Hall–Kier alpha value is -1.51. The molecule has 74 valence electrons. The largest absolute Gasteiger partial charge is 0.284 e. The zero-order valence-electron chi connectivity index (χ0n) is 8.29. The van der Waals surface area contributed by atoms with Crippen molar-refractivity contribution in [3.8, 4) is 0 Å².